The molecule has 0 amide bonds. The van der Waals surface area contributed by atoms with Gasteiger partial charge >= 0.3 is 0 Å². The van der Waals surface area contributed by atoms with Gasteiger partial charge in [-0.05, 0) is 36.4 Å². The standard InChI is InChI=1S/C12H9N3O/c13-8-9-2-1-7-15-12(9)16-11-5-3-10(14)4-6-11/h1-7H,14H2. The van der Waals surface area contributed by atoms with E-state index in [9.17, 15) is 0 Å². The summed E-state index contributed by atoms with van der Waals surface area (Å²) in [5, 5.41) is 8.85. The number of hydrogen-bond donors (Lipinski definition) is 1. The first kappa shape index (κ1) is 9.99. The second-order valence-electron chi connectivity index (χ2n) is 3.14. The Kier molecular flexibility index (Phi) is 2.70. The summed E-state index contributed by atoms with van der Waals surface area (Å²) in [7, 11) is 0. The Morgan fingerprint density at radius 3 is 2.62 bits per heavy atom. The Morgan fingerprint density at radius 1 is 1.19 bits per heavy atom. The van der Waals surface area contributed by atoms with Gasteiger partial charge in [-0.25, -0.2) is 4.98 Å². The van der Waals surface area contributed by atoms with Crippen LogP contribution in [0.4, 0.5) is 5.69 Å². The zero-order chi connectivity index (χ0) is 11.4. The van der Waals surface area contributed by atoms with Gasteiger partial charge in [-0.2, -0.15) is 5.26 Å². The summed E-state index contributed by atoms with van der Waals surface area (Å²) >= 11 is 0. The fraction of sp³-hybridized carbons (Fsp3) is 0. The third-order valence-corrected chi connectivity index (χ3v) is 1.99. The van der Waals surface area contributed by atoms with Gasteiger partial charge in [0.15, 0.2) is 0 Å². The van der Waals surface area contributed by atoms with Crippen LogP contribution in [0.3, 0.4) is 0 Å². The first-order chi connectivity index (χ1) is 7.79. The fourth-order valence-electron chi connectivity index (χ4n) is 1.20. The maximum atomic E-state index is 8.85. The number of nitrogens with two attached hydrogens (primary N) is 1. The highest BCUT2D eigenvalue weighted by atomic mass is 16.5. The van der Waals surface area contributed by atoms with Crippen LogP contribution in [0.25, 0.3) is 0 Å². The van der Waals surface area contributed by atoms with E-state index in [1.807, 2.05) is 6.07 Å². The van der Waals surface area contributed by atoms with Crippen molar-refractivity contribution in [2.75, 3.05) is 5.73 Å². The Bertz CT molecular complexity index is 529. The number of nitrogen functional groups attached to an aromatic ring is 1. The van der Waals surface area contributed by atoms with Crippen molar-refractivity contribution in [3.63, 3.8) is 0 Å². The lowest BCUT2D eigenvalue weighted by Gasteiger charge is -2.05. The minimum absolute atomic E-state index is 0.301. The van der Waals surface area contributed by atoms with Gasteiger partial charge in [0, 0.05) is 11.9 Å². The molecule has 0 saturated carbocycles. The van der Waals surface area contributed by atoms with Crippen molar-refractivity contribution in [2.45, 2.75) is 0 Å². The molecule has 0 atom stereocenters. The van der Waals surface area contributed by atoms with Crippen molar-refractivity contribution in [3.05, 3.63) is 48.2 Å². The third-order valence-electron chi connectivity index (χ3n) is 1.99. The van der Waals surface area contributed by atoms with Crippen molar-refractivity contribution in [3.8, 4) is 17.7 Å². The molecular formula is C12H9N3O. The van der Waals surface area contributed by atoms with E-state index in [2.05, 4.69) is 4.98 Å². The van der Waals surface area contributed by atoms with Crippen molar-refractivity contribution in [2.24, 2.45) is 0 Å². The molecule has 0 saturated heterocycles. The Morgan fingerprint density at radius 2 is 1.94 bits per heavy atom. The second-order valence-corrected chi connectivity index (χ2v) is 3.14. The van der Waals surface area contributed by atoms with Gasteiger partial charge < -0.3 is 10.5 Å². The first-order valence-corrected chi connectivity index (χ1v) is 4.68. The molecule has 0 spiro atoms. The highest BCUT2D eigenvalue weighted by Gasteiger charge is 2.04. The molecule has 0 fully saturated rings. The zero-order valence-corrected chi connectivity index (χ0v) is 8.42. The molecule has 16 heavy (non-hydrogen) atoms. The molecule has 0 unspecified atom stereocenters. The number of hydrogen-bond acceptors (Lipinski definition) is 4. The molecule has 4 nitrogen and oxygen atoms in total. The molecule has 1 heterocycles. The van der Waals surface area contributed by atoms with Crippen LogP contribution in [0, 0.1) is 11.3 Å². The highest BCUT2D eigenvalue weighted by Crippen LogP contribution is 2.22. The molecule has 0 bridgehead atoms. The zero-order valence-electron chi connectivity index (χ0n) is 8.42. The lowest BCUT2D eigenvalue weighted by atomic mass is 10.3. The fourth-order valence-corrected chi connectivity index (χ4v) is 1.20. The summed E-state index contributed by atoms with van der Waals surface area (Å²) < 4.78 is 5.47. The predicted molar refractivity (Wildman–Crippen MR) is 59.9 cm³/mol. The number of benzene rings is 1. The number of nitriles is 1. The molecule has 0 aliphatic carbocycles. The van der Waals surface area contributed by atoms with Crippen LogP contribution >= 0.6 is 0 Å². The van der Waals surface area contributed by atoms with Gasteiger partial charge in [-0.1, -0.05) is 0 Å². The topological polar surface area (TPSA) is 71.9 Å². The van der Waals surface area contributed by atoms with E-state index in [-0.39, 0.29) is 0 Å². The van der Waals surface area contributed by atoms with Gasteiger partial charge in [0.2, 0.25) is 5.88 Å². The predicted octanol–water partition coefficient (Wildman–Crippen LogP) is 2.33. The van der Waals surface area contributed by atoms with E-state index in [4.69, 9.17) is 15.7 Å². The molecule has 2 rings (SSSR count). The van der Waals surface area contributed by atoms with Gasteiger partial charge in [0.1, 0.15) is 17.4 Å². The van der Waals surface area contributed by atoms with Gasteiger partial charge in [-0.3, -0.25) is 0 Å². The van der Waals surface area contributed by atoms with Crippen molar-refractivity contribution in [1.82, 2.24) is 4.98 Å². The van der Waals surface area contributed by atoms with Crippen LogP contribution in [0.1, 0.15) is 5.56 Å². The van der Waals surface area contributed by atoms with E-state index in [1.54, 1.807) is 42.6 Å². The number of nitrogens with zero attached hydrogens (tertiary/aromatic N) is 2. The lowest BCUT2D eigenvalue weighted by Crippen LogP contribution is -1.91. The van der Waals surface area contributed by atoms with Crippen LogP contribution < -0.4 is 10.5 Å². The molecule has 2 N–H and O–H groups in total. The van der Waals surface area contributed by atoms with Gasteiger partial charge in [0.05, 0.1) is 0 Å². The molecule has 4 heteroatoms. The summed E-state index contributed by atoms with van der Waals surface area (Å²) in [6, 6.07) is 12.3. The second kappa shape index (κ2) is 4.32. The largest absolute Gasteiger partial charge is 0.438 e. The van der Waals surface area contributed by atoms with Gasteiger partial charge in [-0.15, -0.1) is 0 Å². The monoisotopic (exact) mass is 211 g/mol. The average molecular weight is 211 g/mol. The number of pyridine rings is 1. The van der Waals surface area contributed by atoms with Crippen LogP contribution in [0.2, 0.25) is 0 Å². The number of aromatic nitrogens is 1. The number of anilines is 1. The average Bonchev–Trinajstić information content (AvgIpc) is 2.33. The van der Waals surface area contributed by atoms with E-state index in [0.29, 0.717) is 22.9 Å². The van der Waals surface area contributed by atoms with Crippen LogP contribution in [-0.2, 0) is 0 Å². The smallest absolute Gasteiger partial charge is 0.237 e. The molecular weight excluding hydrogens is 202 g/mol. The molecule has 2 aromatic rings. The third kappa shape index (κ3) is 2.10. The van der Waals surface area contributed by atoms with E-state index in [0.717, 1.165) is 0 Å². The minimum Gasteiger partial charge on any atom is -0.438 e. The first-order valence-electron chi connectivity index (χ1n) is 4.68. The Hall–Kier alpha value is -2.54. The molecule has 0 radical (unpaired) electrons. The Balaban J connectivity index is 2.27. The maximum Gasteiger partial charge on any atom is 0.237 e. The quantitative estimate of drug-likeness (QED) is 0.774. The molecule has 0 aliphatic heterocycles. The SMILES string of the molecule is N#Cc1cccnc1Oc1ccc(N)cc1. The van der Waals surface area contributed by atoms with Gasteiger partial charge in [0.25, 0.3) is 0 Å². The van der Waals surface area contributed by atoms with E-state index >= 15 is 0 Å². The molecule has 1 aromatic carbocycles. The summed E-state index contributed by atoms with van der Waals surface area (Å²) in [5.41, 5.74) is 6.62. The van der Waals surface area contributed by atoms with Crippen LogP contribution in [-0.4, -0.2) is 4.98 Å². The number of ether oxygens (including phenoxy) is 1. The molecule has 78 valence electrons. The lowest BCUT2D eigenvalue weighted by molar-refractivity contribution is 0.461. The van der Waals surface area contributed by atoms with E-state index in [1.165, 1.54) is 0 Å². The van der Waals surface area contributed by atoms with Crippen LogP contribution in [0.5, 0.6) is 11.6 Å². The van der Waals surface area contributed by atoms with Crippen molar-refractivity contribution < 1.29 is 4.74 Å². The summed E-state index contributed by atoms with van der Waals surface area (Å²) in [4.78, 5) is 3.99. The molecule has 0 aliphatic rings. The summed E-state index contributed by atoms with van der Waals surface area (Å²) in [6.45, 7) is 0. The van der Waals surface area contributed by atoms with Crippen molar-refractivity contribution >= 4 is 5.69 Å². The Labute approximate surface area is 92.9 Å². The van der Waals surface area contributed by atoms with Crippen LogP contribution in [0.15, 0.2) is 42.6 Å². The van der Waals surface area contributed by atoms with E-state index < -0.39 is 0 Å². The minimum atomic E-state index is 0.301. The van der Waals surface area contributed by atoms with Crippen molar-refractivity contribution in [1.29, 1.82) is 5.26 Å². The normalized spacial score (nSPS) is 9.44. The highest BCUT2D eigenvalue weighted by molar-refractivity contribution is 5.44. The maximum absolute atomic E-state index is 8.85. The summed E-state index contributed by atoms with van der Waals surface area (Å²) in [6.07, 6.45) is 1.58. The number of rotatable bonds is 2. The molecule has 1 aromatic heterocycles. The summed E-state index contributed by atoms with van der Waals surface area (Å²) in [5.74, 6) is 0.902.